The fourth-order valence-corrected chi connectivity index (χ4v) is 1.70. The second kappa shape index (κ2) is 5.56. The van der Waals surface area contributed by atoms with E-state index in [1.54, 1.807) is 12.1 Å². The van der Waals surface area contributed by atoms with Crippen molar-refractivity contribution in [2.45, 2.75) is 6.92 Å². The van der Waals surface area contributed by atoms with Crippen LogP contribution in [-0.4, -0.2) is 0 Å². The smallest absolute Gasteiger partial charge is 0.180 e. The molecule has 0 saturated heterocycles. The lowest BCUT2D eigenvalue weighted by Crippen LogP contribution is -1.93. The van der Waals surface area contributed by atoms with Crippen LogP contribution in [0.2, 0.25) is 0 Å². The van der Waals surface area contributed by atoms with Crippen molar-refractivity contribution in [2.24, 2.45) is 0 Å². The van der Waals surface area contributed by atoms with Crippen molar-refractivity contribution in [3.8, 4) is 11.8 Å². The molecule has 4 heteroatoms. The van der Waals surface area contributed by atoms with Gasteiger partial charge in [-0.15, -0.1) is 0 Å². The van der Waals surface area contributed by atoms with Crippen molar-refractivity contribution in [3.05, 3.63) is 58.5 Å². The van der Waals surface area contributed by atoms with E-state index < -0.39 is 0 Å². The van der Waals surface area contributed by atoms with Crippen molar-refractivity contribution in [3.63, 3.8) is 0 Å². The summed E-state index contributed by atoms with van der Waals surface area (Å²) in [6, 6.07) is 13.0. The van der Waals surface area contributed by atoms with Crippen LogP contribution in [0, 0.1) is 18.3 Å². The molecular weight excluding hydrogens is 294 g/mol. The van der Waals surface area contributed by atoms with E-state index in [1.165, 1.54) is 6.08 Å². The Balaban J connectivity index is 2.25. The highest BCUT2D eigenvalue weighted by Gasteiger charge is 2.09. The summed E-state index contributed by atoms with van der Waals surface area (Å²) >= 11 is 3.21. The molecule has 0 aliphatic rings. The summed E-state index contributed by atoms with van der Waals surface area (Å²) in [6.45, 7) is 2.00. The quantitative estimate of drug-likeness (QED) is 0.627. The molecule has 0 saturated carbocycles. The first-order chi connectivity index (χ1) is 8.69. The summed E-state index contributed by atoms with van der Waals surface area (Å²) in [6.07, 6.45) is 1.31. The molecule has 3 nitrogen and oxygen atoms in total. The van der Waals surface area contributed by atoms with Crippen molar-refractivity contribution in [1.29, 1.82) is 5.26 Å². The number of nitriles is 1. The monoisotopic (exact) mass is 303 g/mol. The first kappa shape index (κ1) is 12.5. The van der Waals surface area contributed by atoms with E-state index in [4.69, 9.17) is 14.4 Å². The average molecular weight is 304 g/mol. The van der Waals surface area contributed by atoms with Crippen LogP contribution in [0.4, 0.5) is 0 Å². The van der Waals surface area contributed by atoms with Gasteiger partial charge in [0, 0.05) is 0 Å². The van der Waals surface area contributed by atoms with Gasteiger partial charge >= 0.3 is 0 Å². The third-order valence-electron chi connectivity index (χ3n) is 2.26. The highest BCUT2D eigenvalue weighted by molar-refractivity contribution is 9.10. The number of nitrogens with zero attached hydrogens (tertiary/aromatic N) is 1. The Morgan fingerprint density at radius 3 is 2.56 bits per heavy atom. The number of rotatable bonds is 3. The molecule has 90 valence electrons. The van der Waals surface area contributed by atoms with Crippen LogP contribution in [0.15, 0.2) is 51.6 Å². The largest absolute Gasteiger partial charge is 0.453 e. The van der Waals surface area contributed by atoms with E-state index in [9.17, 15) is 0 Å². The van der Waals surface area contributed by atoms with Gasteiger partial charge in [-0.1, -0.05) is 17.7 Å². The van der Waals surface area contributed by atoms with Crippen LogP contribution in [0.25, 0.3) is 5.76 Å². The number of halogens is 1. The lowest BCUT2D eigenvalue weighted by atomic mass is 10.2. The average Bonchev–Trinajstić information content (AvgIpc) is 2.78. The van der Waals surface area contributed by atoms with Gasteiger partial charge in [-0.2, -0.15) is 5.26 Å². The van der Waals surface area contributed by atoms with Gasteiger partial charge < -0.3 is 9.15 Å². The minimum absolute atomic E-state index is 0.382. The van der Waals surface area contributed by atoms with E-state index in [0.717, 1.165) is 5.56 Å². The molecule has 0 radical (unpaired) electrons. The highest BCUT2D eigenvalue weighted by atomic mass is 79.9. The lowest BCUT2D eigenvalue weighted by molar-refractivity contribution is 0.456. The molecule has 0 fully saturated rings. The molecule has 18 heavy (non-hydrogen) atoms. The number of ether oxygens (including phenoxy) is 1. The van der Waals surface area contributed by atoms with Crippen molar-refractivity contribution < 1.29 is 9.15 Å². The zero-order valence-corrected chi connectivity index (χ0v) is 11.3. The first-order valence-corrected chi connectivity index (χ1v) is 6.08. The fourth-order valence-electron chi connectivity index (χ4n) is 1.39. The Kier molecular flexibility index (Phi) is 3.85. The van der Waals surface area contributed by atoms with E-state index in [-0.39, 0.29) is 0 Å². The van der Waals surface area contributed by atoms with Crippen LogP contribution in [0.1, 0.15) is 11.3 Å². The standard InChI is InChI=1S/C14H10BrNO2/c1-10-2-4-11(5-3-10)17-13(8-9-16)12-6-7-14(15)18-12/h2-8H,1H3. The number of hydrogen-bond donors (Lipinski definition) is 0. The highest BCUT2D eigenvalue weighted by Crippen LogP contribution is 2.24. The Hall–Kier alpha value is -1.99. The molecule has 2 aromatic rings. The maximum absolute atomic E-state index is 8.77. The Labute approximate surface area is 113 Å². The number of benzene rings is 1. The van der Waals surface area contributed by atoms with Gasteiger partial charge in [0.25, 0.3) is 0 Å². The van der Waals surface area contributed by atoms with Gasteiger partial charge in [0.2, 0.25) is 0 Å². The minimum Gasteiger partial charge on any atom is -0.453 e. The molecule has 0 amide bonds. The maximum Gasteiger partial charge on any atom is 0.180 e. The van der Waals surface area contributed by atoms with Crippen molar-refractivity contribution in [1.82, 2.24) is 0 Å². The molecule has 0 unspecified atom stereocenters. The number of aryl methyl sites for hydroxylation is 1. The van der Waals surface area contributed by atoms with Gasteiger partial charge in [0.05, 0.1) is 12.1 Å². The van der Waals surface area contributed by atoms with Crippen LogP contribution in [0.3, 0.4) is 0 Å². The molecule has 0 atom stereocenters. The van der Waals surface area contributed by atoms with Crippen molar-refractivity contribution >= 4 is 21.7 Å². The summed E-state index contributed by atoms with van der Waals surface area (Å²) in [4.78, 5) is 0. The van der Waals surface area contributed by atoms with Gasteiger partial charge in [0.15, 0.2) is 16.2 Å². The molecule has 0 aliphatic carbocycles. The molecule has 0 bridgehead atoms. The van der Waals surface area contributed by atoms with E-state index in [1.807, 2.05) is 37.3 Å². The number of hydrogen-bond acceptors (Lipinski definition) is 3. The third kappa shape index (κ3) is 3.02. The number of allylic oxidation sites excluding steroid dienone is 1. The van der Waals surface area contributed by atoms with Crippen LogP contribution < -0.4 is 4.74 Å². The zero-order chi connectivity index (χ0) is 13.0. The second-order valence-electron chi connectivity index (χ2n) is 3.66. The summed E-state index contributed by atoms with van der Waals surface area (Å²) in [5.74, 6) is 1.55. The van der Waals surface area contributed by atoms with Gasteiger partial charge in [0.1, 0.15) is 5.75 Å². The number of furan rings is 1. The first-order valence-electron chi connectivity index (χ1n) is 5.29. The molecule has 0 aliphatic heterocycles. The molecule has 1 aromatic carbocycles. The molecule has 1 aromatic heterocycles. The Morgan fingerprint density at radius 1 is 1.28 bits per heavy atom. The van der Waals surface area contributed by atoms with Crippen LogP contribution >= 0.6 is 15.9 Å². The van der Waals surface area contributed by atoms with E-state index in [0.29, 0.717) is 21.9 Å². The molecular formula is C14H10BrNO2. The van der Waals surface area contributed by atoms with Crippen LogP contribution in [0.5, 0.6) is 5.75 Å². The zero-order valence-electron chi connectivity index (χ0n) is 9.68. The van der Waals surface area contributed by atoms with E-state index >= 15 is 0 Å². The van der Waals surface area contributed by atoms with Crippen LogP contribution in [-0.2, 0) is 0 Å². The normalized spacial score (nSPS) is 11.1. The molecule has 0 N–H and O–H groups in total. The Bertz CT molecular complexity index is 605. The Morgan fingerprint density at radius 2 is 2.00 bits per heavy atom. The predicted molar refractivity (Wildman–Crippen MR) is 71.8 cm³/mol. The summed E-state index contributed by atoms with van der Waals surface area (Å²) in [7, 11) is 0. The SMILES string of the molecule is Cc1ccc(OC(=CC#N)c2ccc(Br)o2)cc1. The minimum atomic E-state index is 0.382. The van der Waals surface area contributed by atoms with Gasteiger partial charge in [-0.25, -0.2) is 0 Å². The van der Waals surface area contributed by atoms with Gasteiger partial charge in [-0.05, 0) is 47.1 Å². The van der Waals surface area contributed by atoms with Gasteiger partial charge in [-0.3, -0.25) is 0 Å². The molecule has 1 heterocycles. The second-order valence-corrected chi connectivity index (χ2v) is 4.44. The third-order valence-corrected chi connectivity index (χ3v) is 2.69. The molecule has 2 rings (SSSR count). The van der Waals surface area contributed by atoms with E-state index in [2.05, 4.69) is 15.9 Å². The fraction of sp³-hybridized carbons (Fsp3) is 0.0714. The topological polar surface area (TPSA) is 46.2 Å². The summed E-state index contributed by atoms with van der Waals surface area (Å²) < 4.78 is 11.6. The summed E-state index contributed by atoms with van der Waals surface area (Å²) in [5.41, 5.74) is 1.15. The summed E-state index contributed by atoms with van der Waals surface area (Å²) in [5, 5.41) is 8.77. The predicted octanol–water partition coefficient (Wildman–Crippen LogP) is 4.29. The van der Waals surface area contributed by atoms with Crippen molar-refractivity contribution in [2.75, 3.05) is 0 Å². The lowest BCUT2D eigenvalue weighted by Gasteiger charge is -2.06. The maximum atomic E-state index is 8.77. The molecule has 0 spiro atoms.